The van der Waals surface area contributed by atoms with Gasteiger partial charge in [0.15, 0.2) is 0 Å². The van der Waals surface area contributed by atoms with Gasteiger partial charge in [-0.2, -0.15) is 0 Å². The topological polar surface area (TPSA) is 35.1 Å². The highest BCUT2D eigenvalue weighted by molar-refractivity contribution is 6.23. The Kier molecular flexibility index (Phi) is 2.97. The molecule has 0 unspecified atom stereocenters. The van der Waals surface area contributed by atoms with Crippen molar-refractivity contribution < 1.29 is 0 Å². The van der Waals surface area contributed by atoms with Crippen molar-refractivity contribution in [3.8, 4) is 5.69 Å². The van der Waals surface area contributed by atoms with Crippen LogP contribution in [0.25, 0.3) is 54.7 Å². The number of fused-ring (bicyclic) bond motifs is 9. The maximum atomic E-state index is 4.69. The first kappa shape index (κ1) is 15.7. The van der Waals surface area contributed by atoms with Crippen LogP contribution in [0.1, 0.15) is 0 Å². The minimum Gasteiger partial charge on any atom is -0.314 e. The van der Waals surface area contributed by atoms with E-state index in [9.17, 15) is 0 Å². The molecule has 0 amide bonds. The standard InChI is InChI=1S/C26H16N4/c1-3-11-19-17(9-1)18-10-2-4-12-20(18)26-24(19)27-28-30(26)25-21-13-5-6-14-22(21)29-16-8-7-15-23(25)29/h1-16H. The molecule has 0 aliphatic rings. The van der Waals surface area contributed by atoms with Gasteiger partial charge in [-0.3, -0.25) is 0 Å². The van der Waals surface area contributed by atoms with Gasteiger partial charge in [-0.1, -0.05) is 78.0 Å². The molecule has 3 heterocycles. The monoisotopic (exact) mass is 384 g/mol. The molecule has 7 rings (SSSR count). The average molecular weight is 384 g/mol. The summed E-state index contributed by atoms with van der Waals surface area (Å²) in [6.45, 7) is 0. The van der Waals surface area contributed by atoms with E-state index < -0.39 is 0 Å². The van der Waals surface area contributed by atoms with Gasteiger partial charge in [-0.05, 0) is 29.0 Å². The molecule has 0 saturated heterocycles. The van der Waals surface area contributed by atoms with Crippen LogP contribution in [0.15, 0.2) is 97.2 Å². The molecule has 0 spiro atoms. The van der Waals surface area contributed by atoms with Crippen molar-refractivity contribution in [2.45, 2.75) is 0 Å². The number of hydrogen-bond acceptors (Lipinski definition) is 2. The zero-order valence-corrected chi connectivity index (χ0v) is 16.0. The van der Waals surface area contributed by atoms with Gasteiger partial charge in [-0.25, -0.2) is 4.68 Å². The molecular formula is C26H16N4. The van der Waals surface area contributed by atoms with E-state index in [0.29, 0.717) is 0 Å². The van der Waals surface area contributed by atoms with E-state index in [1.165, 1.54) is 10.8 Å². The van der Waals surface area contributed by atoms with Gasteiger partial charge in [0, 0.05) is 22.4 Å². The summed E-state index contributed by atoms with van der Waals surface area (Å²) in [5.74, 6) is 0. The molecule has 0 aliphatic carbocycles. The second kappa shape index (κ2) is 5.67. The van der Waals surface area contributed by atoms with Crippen molar-refractivity contribution in [1.82, 2.24) is 19.4 Å². The summed E-state index contributed by atoms with van der Waals surface area (Å²) < 4.78 is 4.25. The van der Waals surface area contributed by atoms with Gasteiger partial charge in [-0.15, -0.1) is 5.10 Å². The Balaban J connectivity index is 1.75. The minimum atomic E-state index is 0.934. The molecule has 3 aromatic heterocycles. The molecular weight excluding hydrogens is 368 g/mol. The average Bonchev–Trinajstić information content (AvgIpc) is 3.39. The maximum Gasteiger partial charge on any atom is 0.122 e. The number of para-hydroxylation sites is 1. The highest BCUT2D eigenvalue weighted by Gasteiger charge is 2.20. The maximum absolute atomic E-state index is 4.69. The lowest BCUT2D eigenvalue weighted by atomic mass is 10.00. The zero-order valence-electron chi connectivity index (χ0n) is 16.0. The van der Waals surface area contributed by atoms with Crippen molar-refractivity contribution in [2.24, 2.45) is 0 Å². The SMILES string of the molecule is c1ccc2c(c1)c(-n1nnc3c4ccccc4c4ccccc4c31)c1ccccn12. The van der Waals surface area contributed by atoms with Gasteiger partial charge in [0.1, 0.15) is 16.7 Å². The van der Waals surface area contributed by atoms with Crippen LogP contribution in [-0.4, -0.2) is 19.4 Å². The lowest BCUT2D eigenvalue weighted by Crippen LogP contribution is -1.97. The normalized spacial score (nSPS) is 12.0. The van der Waals surface area contributed by atoms with Gasteiger partial charge in [0.25, 0.3) is 0 Å². The highest BCUT2D eigenvalue weighted by Crippen LogP contribution is 2.37. The van der Waals surface area contributed by atoms with Crippen LogP contribution in [0.5, 0.6) is 0 Å². The van der Waals surface area contributed by atoms with Crippen molar-refractivity contribution in [2.75, 3.05) is 0 Å². The lowest BCUT2D eigenvalue weighted by molar-refractivity contribution is 0.834. The Morgan fingerprint density at radius 2 is 1.13 bits per heavy atom. The third-order valence-electron chi connectivity index (χ3n) is 6.06. The number of aromatic nitrogens is 4. The second-order valence-electron chi connectivity index (χ2n) is 7.61. The van der Waals surface area contributed by atoms with Gasteiger partial charge in [0.05, 0.1) is 11.0 Å². The summed E-state index contributed by atoms with van der Waals surface area (Å²) in [7, 11) is 0. The largest absolute Gasteiger partial charge is 0.314 e. The van der Waals surface area contributed by atoms with E-state index in [1.807, 2.05) is 4.68 Å². The molecule has 0 aliphatic heterocycles. The van der Waals surface area contributed by atoms with Gasteiger partial charge in [0.2, 0.25) is 0 Å². The van der Waals surface area contributed by atoms with Crippen molar-refractivity contribution in [3.63, 3.8) is 0 Å². The highest BCUT2D eigenvalue weighted by atomic mass is 15.4. The van der Waals surface area contributed by atoms with Crippen molar-refractivity contribution >= 4 is 49.0 Å². The van der Waals surface area contributed by atoms with E-state index in [2.05, 4.69) is 107 Å². The van der Waals surface area contributed by atoms with Crippen LogP contribution in [0.2, 0.25) is 0 Å². The Hall–Kier alpha value is -4.18. The van der Waals surface area contributed by atoms with Crippen LogP contribution >= 0.6 is 0 Å². The molecule has 0 saturated carbocycles. The summed E-state index contributed by atoms with van der Waals surface area (Å²) in [6, 6.07) is 31.7. The molecule has 4 aromatic carbocycles. The smallest absolute Gasteiger partial charge is 0.122 e. The fraction of sp³-hybridized carbons (Fsp3) is 0. The summed E-state index contributed by atoms with van der Waals surface area (Å²) in [6.07, 6.45) is 2.10. The third kappa shape index (κ3) is 1.90. The molecule has 0 N–H and O–H groups in total. The van der Waals surface area contributed by atoms with E-state index in [-0.39, 0.29) is 0 Å². The van der Waals surface area contributed by atoms with E-state index >= 15 is 0 Å². The van der Waals surface area contributed by atoms with Gasteiger partial charge < -0.3 is 4.40 Å². The van der Waals surface area contributed by atoms with Crippen molar-refractivity contribution in [1.29, 1.82) is 0 Å². The predicted octanol–water partition coefficient (Wildman–Crippen LogP) is 6.13. The van der Waals surface area contributed by atoms with Crippen LogP contribution in [0.3, 0.4) is 0 Å². The van der Waals surface area contributed by atoms with E-state index in [1.54, 1.807) is 0 Å². The fourth-order valence-electron chi connectivity index (χ4n) is 4.80. The molecule has 0 fully saturated rings. The molecule has 0 bridgehead atoms. The molecule has 7 aromatic rings. The molecule has 4 nitrogen and oxygen atoms in total. The first-order valence-corrected chi connectivity index (χ1v) is 10.0. The Labute approximate surface area is 171 Å². The zero-order chi connectivity index (χ0) is 19.7. The molecule has 0 radical (unpaired) electrons. The summed E-state index contributed by atoms with van der Waals surface area (Å²) in [5, 5.41) is 15.2. The molecule has 0 atom stereocenters. The Bertz CT molecular complexity index is 1700. The summed E-state index contributed by atoms with van der Waals surface area (Å²) in [4.78, 5) is 0. The Morgan fingerprint density at radius 3 is 1.97 bits per heavy atom. The molecule has 30 heavy (non-hydrogen) atoms. The van der Waals surface area contributed by atoms with Crippen LogP contribution in [0, 0.1) is 0 Å². The molecule has 140 valence electrons. The van der Waals surface area contributed by atoms with Crippen LogP contribution in [0.4, 0.5) is 0 Å². The number of pyridine rings is 1. The predicted molar refractivity (Wildman–Crippen MR) is 122 cm³/mol. The van der Waals surface area contributed by atoms with E-state index in [4.69, 9.17) is 5.21 Å². The number of benzene rings is 4. The summed E-state index contributed by atoms with van der Waals surface area (Å²) in [5.41, 5.74) is 5.32. The first-order valence-electron chi connectivity index (χ1n) is 10.0. The van der Waals surface area contributed by atoms with Gasteiger partial charge >= 0.3 is 0 Å². The lowest BCUT2D eigenvalue weighted by Gasteiger charge is -2.08. The van der Waals surface area contributed by atoms with E-state index in [0.717, 1.165) is 43.9 Å². The van der Waals surface area contributed by atoms with Crippen molar-refractivity contribution in [3.05, 3.63) is 97.2 Å². The van der Waals surface area contributed by atoms with Crippen LogP contribution < -0.4 is 0 Å². The minimum absolute atomic E-state index is 0.934. The Morgan fingerprint density at radius 1 is 0.533 bits per heavy atom. The fourth-order valence-corrected chi connectivity index (χ4v) is 4.80. The van der Waals surface area contributed by atoms with Crippen LogP contribution in [-0.2, 0) is 0 Å². The second-order valence-corrected chi connectivity index (χ2v) is 7.61. The first-order chi connectivity index (χ1) is 14.9. The quantitative estimate of drug-likeness (QED) is 0.319. The summed E-state index contributed by atoms with van der Waals surface area (Å²) >= 11 is 0. The molecule has 4 heteroatoms. The number of rotatable bonds is 1. The number of hydrogen-bond donors (Lipinski definition) is 0. The number of nitrogens with zero attached hydrogens (tertiary/aromatic N) is 4. The third-order valence-corrected chi connectivity index (χ3v) is 6.06.